The highest BCUT2D eigenvalue weighted by Crippen LogP contribution is 2.23. The Bertz CT molecular complexity index is 1270. The molecule has 0 aliphatic carbocycles. The van der Waals surface area contributed by atoms with Crippen LogP contribution in [-0.2, 0) is 12.2 Å². The van der Waals surface area contributed by atoms with Crippen molar-refractivity contribution < 1.29 is 4.79 Å². The Morgan fingerprint density at radius 2 is 1.48 bits per heavy atom. The van der Waals surface area contributed by atoms with E-state index in [1.165, 1.54) is 0 Å². The number of fused-ring (bicyclic) bond motifs is 2. The van der Waals surface area contributed by atoms with Gasteiger partial charge < -0.3 is 14.1 Å². The molecule has 7 heteroatoms. The molecular formula is C24H21N5OS. The summed E-state index contributed by atoms with van der Waals surface area (Å²) >= 11 is 1.71. The molecule has 1 amide bonds. The van der Waals surface area contributed by atoms with E-state index in [2.05, 4.69) is 15.3 Å². The van der Waals surface area contributed by atoms with E-state index in [4.69, 9.17) is 0 Å². The quantitative estimate of drug-likeness (QED) is 0.395. The second-order valence-electron chi connectivity index (χ2n) is 7.22. The van der Waals surface area contributed by atoms with Crippen molar-refractivity contribution in [3.05, 3.63) is 102 Å². The van der Waals surface area contributed by atoms with Crippen LogP contribution < -0.4 is 5.32 Å². The number of benzene rings is 1. The van der Waals surface area contributed by atoms with Gasteiger partial charge in [0.15, 0.2) is 0 Å². The minimum absolute atomic E-state index is 0.0688. The lowest BCUT2D eigenvalue weighted by molar-refractivity contribution is 0.0954. The van der Waals surface area contributed by atoms with Crippen molar-refractivity contribution in [2.45, 2.75) is 17.1 Å². The van der Waals surface area contributed by atoms with E-state index < -0.39 is 0 Å². The van der Waals surface area contributed by atoms with Crippen LogP contribution in [0.5, 0.6) is 0 Å². The standard InChI is InChI=1S/C24H21N5OS/c30-24(25-12-11-19-15-28-13-3-1-5-22(28)26-19)18-7-9-21(10-8-18)31-17-20-16-29-14-4-2-6-23(29)27-20/h1-10,13-16H,11-12,17H2,(H,25,30). The number of nitrogens with zero attached hydrogens (tertiary/aromatic N) is 4. The lowest BCUT2D eigenvalue weighted by Gasteiger charge is -2.05. The molecule has 0 aliphatic heterocycles. The summed E-state index contributed by atoms with van der Waals surface area (Å²) in [7, 11) is 0. The number of carbonyl (C=O) groups excluding carboxylic acids is 1. The largest absolute Gasteiger partial charge is 0.352 e. The number of pyridine rings is 2. The summed E-state index contributed by atoms with van der Waals surface area (Å²) < 4.78 is 4.01. The predicted molar refractivity (Wildman–Crippen MR) is 122 cm³/mol. The highest BCUT2D eigenvalue weighted by molar-refractivity contribution is 7.98. The van der Waals surface area contributed by atoms with Crippen LogP contribution in [0.2, 0.25) is 0 Å². The average Bonchev–Trinajstić information content (AvgIpc) is 3.41. The first kappa shape index (κ1) is 19.4. The van der Waals surface area contributed by atoms with E-state index in [9.17, 15) is 4.79 Å². The molecule has 0 aliphatic rings. The van der Waals surface area contributed by atoms with Gasteiger partial charge in [-0.1, -0.05) is 12.1 Å². The smallest absolute Gasteiger partial charge is 0.251 e. The number of carbonyl (C=O) groups is 1. The van der Waals surface area contributed by atoms with Crippen LogP contribution in [-0.4, -0.2) is 31.2 Å². The normalized spacial score (nSPS) is 11.2. The van der Waals surface area contributed by atoms with Gasteiger partial charge in [-0.05, 0) is 48.5 Å². The van der Waals surface area contributed by atoms with E-state index in [0.717, 1.165) is 33.3 Å². The summed E-state index contributed by atoms with van der Waals surface area (Å²) in [5.41, 5.74) is 4.52. The van der Waals surface area contributed by atoms with Crippen LogP contribution in [0.3, 0.4) is 0 Å². The highest BCUT2D eigenvalue weighted by atomic mass is 32.2. The maximum Gasteiger partial charge on any atom is 0.251 e. The molecule has 4 heterocycles. The van der Waals surface area contributed by atoms with Gasteiger partial charge >= 0.3 is 0 Å². The van der Waals surface area contributed by atoms with E-state index >= 15 is 0 Å². The maximum atomic E-state index is 12.4. The van der Waals surface area contributed by atoms with Gasteiger partial charge in [0.05, 0.1) is 11.4 Å². The molecular weight excluding hydrogens is 406 g/mol. The minimum Gasteiger partial charge on any atom is -0.352 e. The van der Waals surface area contributed by atoms with Gasteiger partial charge in [-0.25, -0.2) is 9.97 Å². The second kappa shape index (κ2) is 8.65. The Hall–Kier alpha value is -3.58. The summed E-state index contributed by atoms with van der Waals surface area (Å²) in [5, 5.41) is 2.98. The Morgan fingerprint density at radius 1 is 0.839 bits per heavy atom. The first-order chi connectivity index (χ1) is 15.2. The topological polar surface area (TPSA) is 63.7 Å². The number of aromatic nitrogens is 4. The molecule has 5 aromatic rings. The Balaban J connectivity index is 1.13. The zero-order chi connectivity index (χ0) is 21.0. The maximum absolute atomic E-state index is 12.4. The van der Waals surface area contributed by atoms with Crippen LogP contribution >= 0.6 is 11.8 Å². The minimum atomic E-state index is -0.0688. The molecule has 5 rings (SSSR count). The van der Waals surface area contributed by atoms with Crippen LogP contribution in [0, 0.1) is 0 Å². The molecule has 0 spiro atoms. The molecule has 6 nitrogen and oxygen atoms in total. The van der Waals surface area contributed by atoms with E-state index in [-0.39, 0.29) is 5.91 Å². The fraction of sp³-hybridized carbons (Fsp3) is 0.125. The molecule has 0 saturated carbocycles. The van der Waals surface area contributed by atoms with Crippen LogP contribution in [0.25, 0.3) is 11.3 Å². The third-order valence-electron chi connectivity index (χ3n) is 5.00. The Kier molecular flexibility index (Phi) is 5.41. The van der Waals surface area contributed by atoms with Gasteiger partial charge in [0.1, 0.15) is 11.3 Å². The van der Waals surface area contributed by atoms with Crippen molar-refractivity contribution in [3.63, 3.8) is 0 Å². The number of hydrogen-bond donors (Lipinski definition) is 1. The van der Waals surface area contributed by atoms with Gasteiger partial charge in [0.25, 0.3) is 5.91 Å². The third kappa shape index (κ3) is 4.46. The molecule has 154 valence electrons. The molecule has 1 aromatic carbocycles. The van der Waals surface area contributed by atoms with Crippen molar-refractivity contribution >= 4 is 29.0 Å². The van der Waals surface area contributed by atoms with Crippen molar-refractivity contribution in [3.8, 4) is 0 Å². The summed E-state index contributed by atoms with van der Waals surface area (Å²) in [6, 6.07) is 19.6. The number of amides is 1. The zero-order valence-electron chi connectivity index (χ0n) is 16.8. The van der Waals surface area contributed by atoms with Crippen LogP contribution in [0.1, 0.15) is 21.7 Å². The van der Waals surface area contributed by atoms with Crippen LogP contribution in [0.15, 0.2) is 90.3 Å². The van der Waals surface area contributed by atoms with E-state index in [0.29, 0.717) is 18.5 Å². The zero-order valence-corrected chi connectivity index (χ0v) is 17.6. The molecule has 0 bridgehead atoms. The molecule has 0 saturated heterocycles. The first-order valence-corrected chi connectivity index (χ1v) is 11.1. The molecule has 4 aromatic heterocycles. The van der Waals surface area contributed by atoms with Gasteiger partial charge in [0.2, 0.25) is 0 Å². The lowest BCUT2D eigenvalue weighted by Crippen LogP contribution is -2.25. The summed E-state index contributed by atoms with van der Waals surface area (Å²) in [4.78, 5) is 22.7. The van der Waals surface area contributed by atoms with Gasteiger partial charge in [-0.3, -0.25) is 4.79 Å². The van der Waals surface area contributed by atoms with Gasteiger partial charge in [-0.2, -0.15) is 0 Å². The average molecular weight is 428 g/mol. The third-order valence-corrected chi connectivity index (χ3v) is 6.04. The van der Waals surface area contributed by atoms with E-state index in [1.54, 1.807) is 11.8 Å². The monoisotopic (exact) mass is 427 g/mol. The van der Waals surface area contributed by atoms with Crippen molar-refractivity contribution in [1.29, 1.82) is 0 Å². The molecule has 0 fully saturated rings. The van der Waals surface area contributed by atoms with Gasteiger partial charge in [-0.15, -0.1) is 11.8 Å². The van der Waals surface area contributed by atoms with Gasteiger partial charge in [0, 0.05) is 54.0 Å². The molecule has 0 radical (unpaired) electrons. The Morgan fingerprint density at radius 3 is 2.16 bits per heavy atom. The fourth-order valence-electron chi connectivity index (χ4n) is 3.43. The number of hydrogen-bond acceptors (Lipinski definition) is 4. The summed E-state index contributed by atoms with van der Waals surface area (Å²) in [5.74, 6) is 0.715. The lowest BCUT2D eigenvalue weighted by atomic mass is 10.2. The number of imidazole rings is 2. The first-order valence-electron chi connectivity index (χ1n) is 10.1. The Labute approximate surface area is 184 Å². The molecule has 0 unspecified atom stereocenters. The van der Waals surface area contributed by atoms with Crippen molar-refractivity contribution in [2.24, 2.45) is 0 Å². The van der Waals surface area contributed by atoms with E-state index in [1.807, 2.05) is 94.3 Å². The summed E-state index contributed by atoms with van der Waals surface area (Å²) in [6.45, 7) is 0.549. The summed E-state index contributed by atoms with van der Waals surface area (Å²) in [6.07, 6.45) is 8.71. The van der Waals surface area contributed by atoms with Crippen LogP contribution in [0.4, 0.5) is 0 Å². The highest BCUT2D eigenvalue weighted by Gasteiger charge is 2.07. The fourth-order valence-corrected chi connectivity index (χ4v) is 4.21. The molecule has 31 heavy (non-hydrogen) atoms. The number of rotatable bonds is 7. The van der Waals surface area contributed by atoms with Crippen molar-refractivity contribution in [1.82, 2.24) is 24.1 Å². The second-order valence-corrected chi connectivity index (χ2v) is 8.26. The molecule has 0 atom stereocenters. The predicted octanol–water partition coefficient (Wildman–Crippen LogP) is 4.25. The molecule has 1 N–H and O–H groups in total. The number of nitrogens with one attached hydrogen (secondary N) is 1. The SMILES string of the molecule is O=C(NCCc1cn2ccccc2n1)c1ccc(SCc2cn3ccccc3n2)cc1. The van der Waals surface area contributed by atoms with Crippen molar-refractivity contribution in [2.75, 3.05) is 6.54 Å². The number of thioether (sulfide) groups is 1.